The van der Waals surface area contributed by atoms with Gasteiger partial charge in [0.15, 0.2) is 0 Å². The largest absolute Gasteiger partial charge is 0.352 e. The number of rotatable bonds is 2. The van der Waals surface area contributed by atoms with E-state index in [4.69, 9.17) is 11.6 Å². The molecule has 3 heterocycles. The fourth-order valence-corrected chi connectivity index (χ4v) is 3.62. The van der Waals surface area contributed by atoms with Gasteiger partial charge in [0, 0.05) is 6.54 Å². The third kappa shape index (κ3) is 2.04. The van der Waals surface area contributed by atoms with Gasteiger partial charge in [-0.15, -0.1) is 11.3 Å². The van der Waals surface area contributed by atoms with Crippen molar-refractivity contribution in [1.29, 1.82) is 0 Å². The summed E-state index contributed by atoms with van der Waals surface area (Å²) in [6.07, 6.45) is 1.38. The van der Waals surface area contributed by atoms with Crippen LogP contribution in [0.1, 0.15) is 22.5 Å². The number of nitrogens with one attached hydrogen (secondary N) is 1. The van der Waals surface area contributed by atoms with Crippen LogP contribution in [0.5, 0.6) is 0 Å². The third-order valence-corrected chi connectivity index (χ3v) is 4.77. The lowest BCUT2D eigenvalue weighted by Crippen LogP contribution is -2.58. The number of ketones is 1. The van der Waals surface area contributed by atoms with Gasteiger partial charge in [0.25, 0.3) is 11.7 Å². The predicted molar refractivity (Wildman–Crippen MR) is 70.3 cm³/mol. The van der Waals surface area contributed by atoms with Gasteiger partial charge in [-0.3, -0.25) is 14.4 Å². The van der Waals surface area contributed by atoms with Crippen LogP contribution in [0, 0.1) is 0 Å². The number of carbonyl (C=O) groups is 3. The van der Waals surface area contributed by atoms with E-state index < -0.39 is 17.7 Å². The fourth-order valence-electron chi connectivity index (χ4n) is 2.64. The molecule has 2 bridgehead atoms. The van der Waals surface area contributed by atoms with Crippen LogP contribution in [-0.4, -0.2) is 41.1 Å². The molecule has 2 fully saturated rings. The van der Waals surface area contributed by atoms with E-state index in [0.717, 1.165) is 17.8 Å². The molecule has 1 aromatic rings. The fraction of sp³-hybridized carbons (Fsp3) is 0.417. The maximum Gasteiger partial charge on any atom is 0.296 e. The third-order valence-electron chi connectivity index (χ3n) is 3.54. The molecule has 19 heavy (non-hydrogen) atoms. The highest BCUT2D eigenvalue weighted by atomic mass is 35.5. The van der Waals surface area contributed by atoms with Crippen molar-refractivity contribution in [3.63, 3.8) is 0 Å². The molecule has 1 N–H and O–H groups in total. The van der Waals surface area contributed by atoms with E-state index in [2.05, 4.69) is 5.32 Å². The van der Waals surface area contributed by atoms with E-state index >= 15 is 0 Å². The molecule has 5 nitrogen and oxygen atoms in total. The van der Waals surface area contributed by atoms with E-state index in [1.54, 1.807) is 12.1 Å². The second-order valence-corrected chi connectivity index (χ2v) is 6.35. The van der Waals surface area contributed by atoms with E-state index in [0.29, 0.717) is 22.2 Å². The van der Waals surface area contributed by atoms with Crippen LogP contribution in [0.3, 0.4) is 0 Å². The molecule has 2 aliphatic heterocycles. The van der Waals surface area contributed by atoms with Gasteiger partial charge in [-0.25, -0.2) is 0 Å². The quantitative estimate of drug-likeness (QED) is 0.656. The van der Waals surface area contributed by atoms with Gasteiger partial charge < -0.3 is 10.2 Å². The van der Waals surface area contributed by atoms with Crippen molar-refractivity contribution in [2.45, 2.75) is 24.9 Å². The number of piperazine rings is 1. The molecule has 2 unspecified atom stereocenters. The molecule has 7 heteroatoms. The number of nitrogens with zero attached hydrogens (tertiary/aromatic N) is 1. The lowest BCUT2D eigenvalue weighted by molar-refractivity contribution is -0.139. The molecule has 0 aromatic carbocycles. The lowest BCUT2D eigenvalue weighted by Gasteiger charge is -2.33. The molecule has 0 radical (unpaired) electrons. The molecular weight excluding hydrogens is 288 g/mol. The summed E-state index contributed by atoms with van der Waals surface area (Å²) in [5, 5.41) is 2.75. The summed E-state index contributed by atoms with van der Waals surface area (Å²) >= 11 is 6.84. The second kappa shape index (κ2) is 4.61. The van der Waals surface area contributed by atoms with Gasteiger partial charge in [0.05, 0.1) is 15.3 Å². The van der Waals surface area contributed by atoms with Gasteiger partial charge in [-0.1, -0.05) is 11.6 Å². The zero-order valence-corrected chi connectivity index (χ0v) is 11.5. The molecule has 0 spiro atoms. The van der Waals surface area contributed by atoms with Crippen molar-refractivity contribution in [1.82, 2.24) is 10.2 Å². The number of hydrogen-bond donors (Lipinski definition) is 1. The van der Waals surface area contributed by atoms with Gasteiger partial charge in [0.1, 0.15) is 6.04 Å². The average molecular weight is 299 g/mol. The number of thiophene rings is 1. The Kier molecular flexibility index (Phi) is 3.06. The molecule has 2 saturated heterocycles. The van der Waals surface area contributed by atoms with Crippen LogP contribution in [-0.2, 0) is 9.59 Å². The van der Waals surface area contributed by atoms with E-state index in [1.807, 2.05) is 0 Å². The zero-order valence-electron chi connectivity index (χ0n) is 9.89. The van der Waals surface area contributed by atoms with Crippen molar-refractivity contribution < 1.29 is 14.4 Å². The topological polar surface area (TPSA) is 66.5 Å². The van der Waals surface area contributed by atoms with Crippen molar-refractivity contribution in [3.05, 3.63) is 21.3 Å². The minimum Gasteiger partial charge on any atom is -0.352 e. The molecule has 0 aliphatic carbocycles. The molecule has 3 rings (SSSR count). The first-order valence-electron chi connectivity index (χ1n) is 5.98. The Morgan fingerprint density at radius 1 is 1.37 bits per heavy atom. The van der Waals surface area contributed by atoms with Gasteiger partial charge in [0.2, 0.25) is 5.91 Å². The van der Waals surface area contributed by atoms with Crippen LogP contribution < -0.4 is 5.32 Å². The number of carbonyl (C=O) groups excluding carboxylic acids is 3. The summed E-state index contributed by atoms with van der Waals surface area (Å²) in [7, 11) is 0. The highest BCUT2D eigenvalue weighted by molar-refractivity contribution is 7.18. The minimum atomic E-state index is -0.596. The normalized spacial score (nSPS) is 25.3. The van der Waals surface area contributed by atoms with E-state index in [9.17, 15) is 14.4 Å². The summed E-state index contributed by atoms with van der Waals surface area (Å²) in [5.41, 5.74) is 0. The van der Waals surface area contributed by atoms with Crippen LogP contribution >= 0.6 is 22.9 Å². The summed E-state index contributed by atoms with van der Waals surface area (Å²) in [6, 6.07) is 2.57. The number of halogens is 1. The highest BCUT2D eigenvalue weighted by Gasteiger charge is 2.46. The Labute approximate surface area is 118 Å². The Bertz CT molecular complexity index is 571. The molecule has 1 aromatic heterocycles. The second-order valence-electron chi connectivity index (χ2n) is 4.64. The number of hydrogen-bond acceptors (Lipinski definition) is 4. The Hall–Kier alpha value is -1.40. The van der Waals surface area contributed by atoms with Crippen molar-refractivity contribution in [2.75, 3.05) is 6.54 Å². The molecule has 0 saturated carbocycles. The van der Waals surface area contributed by atoms with E-state index in [1.165, 1.54) is 4.90 Å². The number of Topliss-reactive ketones (excluding diaryl/α,β-unsaturated/α-hetero) is 1. The monoisotopic (exact) mass is 298 g/mol. The summed E-state index contributed by atoms with van der Waals surface area (Å²) in [6.45, 7) is 0.430. The van der Waals surface area contributed by atoms with Crippen molar-refractivity contribution in [2.24, 2.45) is 0 Å². The number of amides is 2. The Morgan fingerprint density at radius 3 is 2.84 bits per heavy atom. The van der Waals surface area contributed by atoms with Crippen LogP contribution in [0.4, 0.5) is 0 Å². The smallest absolute Gasteiger partial charge is 0.296 e. The highest BCUT2D eigenvalue weighted by Crippen LogP contribution is 2.29. The van der Waals surface area contributed by atoms with Crippen molar-refractivity contribution >= 4 is 40.5 Å². The van der Waals surface area contributed by atoms with Gasteiger partial charge in [-0.05, 0) is 25.0 Å². The van der Waals surface area contributed by atoms with Gasteiger partial charge >= 0.3 is 0 Å². The zero-order chi connectivity index (χ0) is 13.6. The summed E-state index contributed by atoms with van der Waals surface area (Å²) < 4.78 is 0.468. The summed E-state index contributed by atoms with van der Waals surface area (Å²) in [5.74, 6) is -1.34. The first-order chi connectivity index (χ1) is 9.08. The van der Waals surface area contributed by atoms with E-state index in [-0.39, 0.29) is 11.9 Å². The molecule has 2 atom stereocenters. The molecule has 2 amide bonds. The predicted octanol–water partition coefficient (Wildman–Crippen LogP) is 1.07. The van der Waals surface area contributed by atoms with Crippen LogP contribution in [0.25, 0.3) is 0 Å². The maximum atomic E-state index is 12.3. The average Bonchev–Trinajstić information content (AvgIpc) is 2.96. The first-order valence-corrected chi connectivity index (χ1v) is 7.17. The SMILES string of the molecule is O=C(C(=O)N1C2CCC1C(=O)NC2)c1ccc(Cl)s1. The Morgan fingerprint density at radius 2 is 2.16 bits per heavy atom. The Balaban J connectivity index is 1.84. The van der Waals surface area contributed by atoms with Gasteiger partial charge in [-0.2, -0.15) is 0 Å². The molecule has 100 valence electrons. The van der Waals surface area contributed by atoms with Crippen molar-refractivity contribution in [3.8, 4) is 0 Å². The number of fused-ring (bicyclic) bond motifs is 2. The van der Waals surface area contributed by atoms with Crippen LogP contribution in [0.2, 0.25) is 4.34 Å². The standard InChI is InChI=1S/C12H11ClN2O3S/c13-9-4-3-8(19-9)10(16)12(18)15-6-1-2-7(15)11(17)14-5-6/h3-4,6-7H,1-2,5H2,(H,14,17). The van der Waals surface area contributed by atoms with Crippen LogP contribution in [0.15, 0.2) is 12.1 Å². The lowest BCUT2D eigenvalue weighted by atomic mass is 10.1. The molecule has 2 aliphatic rings. The molecular formula is C12H11ClN2O3S. The maximum absolute atomic E-state index is 12.3. The minimum absolute atomic E-state index is 0.0606. The first kappa shape index (κ1) is 12.6. The summed E-state index contributed by atoms with van der Waals surface area (Å²) in [4.78, 5) is 37.8.